The van der Waals surface area contributed by atoms with Crippen molar-refractivity contribution >= 4 is 28.8 Å². The second kappa shape index (κ2) is 6.87. The predicted octanol–water partition coefficient (Wildman–Crippen LogP) is 4.14. The number of benzene rings is 2. The Hall–Kier alpha value is -2.27. The highest BCUT2D eigenvalue weighted by Gasteiger charge is 2.18. The maximum absolute atomic E-state index is 12.4. The number of aromatic nitrogens is 1. The lowest BCUT2D eigenvalue weighted by molar-refractivity contribution is -0.128. The Morgan fingerprint density at radius 2 is 1.87 bits per heavy atom. The van der Waals surface area contributed by atoms with E-state index in [4.69, 9.17) is 4.42 Å². The van der Waals surface area contributed by atoms with E-state index in [1.807, 2.05) is 68.6 Å². The van der Waals surface area contributed by atoms with Gasteiger partial charge in [-0.1, -0.05) is 54.2 Å². The molecule has 0 saturated heterocycles. The van der Waals surface area contributed by atoms with Crippen LogP contribution in [0.25, 0.3) is 11.1 Å². The third-order valence-electron chi connectivity index (χ3n) is 3.85. The van der Waals surface area contributed by atoms with Crippen LogP contribution in [-0.4, -0.2) is 28.6 Å². The highest BCUT2D eigenvalue weighted by atomic mass is 32.2. The number of carbonyl (C=O) groups excluding carboxylic acids is 1. The number of rotatable bonds is 5. The summed E-state index contributed by atoms with van der Waals surface area (Å²) in [5.41, 5.74) is 2.68. The molecule has 0 aliphatic heterocycles. The molecule has 0 saturated carbocycles. The van der Waals surface area contributed by atoms with Crippen LogP contribution in [0.15, 0.2) is 64.2 Å². The summed E-state index contributed by atoms with van der Waals surface area (Å²) in [4.78, 5) is 18.5. The van der Waals surface area contributed by atoms with Crippen molar-refractivity contribution in [3.05, 3.63) is 60.2 Å². The molecule has 5 heteroatoms. The lowest BCUT2D eigenvalue weighted by atomic mass is 10.1. The van der Waals surface area contributed by atoms with Crippen molar-refractivity contribution in [1.82, 2.24) is 9.88 Å². The van der Waals surface area contributed by atoms with E-state index in [0.717, 1.165) is 16.7 Å². The fourth-order valence-electron chi connectivity index (χ4n) is 2.31. The molecule has 1 atom stereocenters. The highest BCUT2D eigenvalue weighted by Crippen LogP contribution is 2.25. The van der Waals surface area contributed by atoms with Crippen LogP contribution in [0.4, 0.5) is 0 Å². The number of carbonyl (C=O) groups is 1. The van der Waals surface area contributed by atoms with Crippen molar-refractivity contribution < 1.29 is 9.21 Å². The number of thioether (sulfide) groups is 1. The van der Waals surface area contributed by atoms with Crippen LogP contribution in [0.3, 0.4) is 0 Å². The molecule has 1 amide bonds. The normalized spacial score (nSPS) is 12.3. The van der Waals surface area contributed by atoms with Crippen molar-refractivity contribution in [2.24, 2.45) is 0 Å². The standard InChI is InChI=1S/C18H18N2O2S/c1-13(14-8-4-3-5-9-14)20(2)17(21)12-23-18-19-15-10-6-7-11-16(15)22-18/h3-11,13H,12H2,1-2H3/t13-/m0/s1. The number of hydrogen-bond donors (Lipinski definition) is 0. The zero-order chi connectivity index (χ0) is 16.2. The molecule has 1 heterocycles. The smallest absolute Gasteiger partial charge is 0.257 e. The van der Waals surface area contributed by atoms with E-state index in [9.17, 15) is 4.79 Å². The van der Waals surface area contributed by atoms with Gasteiger partial charge in [0.25, 0.3) is 5.22 Å². The van der Waals surface area contributed by atoms with Crippen LogP contribution in [0.5, 0.6) is 0 Å². The third-order valence-corrected chi connectivity index (χ3v) is 4.66. The Bertz CT molecular complexity index is 768. The minimum Gasteiger partial charge on any atom is -0.431 e. The van der Waals surface area contributed by atoms with Crippen molar-refractivity contribution in [2.75, 3.05) is 12.8 Å². The van der Waals surface area contributed by atoms with Gasteiger partial charge in [0.05, 0.1) is 11.8 Å². The zero-order valence-electron chi connectivity index (χ0n) is 13.1. The molecule has 0 radical (unpaired) electrons. The Morgan fingerprint density at radius 1 is 1.17 bits per heavy atom. The molecule has 118 valence electrons. The Kier molecular flexibility index (Phi) is 4.67. The quantitative estimate of drug-likeness (QED) is 0.661. The maximum Gasteiger partial charge on any atom is 0.257 e. The van der Waals surface area contributed by atoms with Gasteiger partial charge in [0.2, 0.25) is 5.91 Å². The van der Waals surface area contributed by atoms with Crippen LogP contribution < -0.4 is 0 Å². The summed E-state index contributed by atoms with van der Waals surface area (Å²) in [5.74, 6) is 0.356. The summed E-state index contributed by atoms with van der Waals surface area (Å²) in [6.07, 6.45) is 0. The van der Waals surface area contributed by atoms with Crippen LogP contribution in [0.2, 0.25) is 0 Å². The van der Waals surface area contributed by atoms with Gasteiger partial charge < -0.3 is 9.32 Å². The first kappa shape index (κ1) is 15.6. The summed E-state index contributed by atoms with van der Waals surface area (Å²) >= 11 is 1.33. The van der Waals surface area contributed by atoms with E-state index >= 15 is 0 Å². The van der Waals surface area contributed by atoms with Gasteiger partial charge in [-0.2, -0.15) is 0 Å². The average Bonchev–Trinajstić information content (AvgIpc) is 3.02. The van der Waals surface area contributed by atoms with Crippen LogP contribution in [0, 0.1) is 0 Å². The van der Waals surface area contributed by atoms with E-state index in [2.05, 4.69) is 4.98 Å². The molecule has 0 N–H and O–H groups in total. The van der Waals surface area contributed by atoms with E-state index in [1.54, 1.807) is 4.90 Å². The molecule has 0 aliphatic rings. The van der Waals surface area contributed by atoms with Crippen molar-refractivity contribution in [2.45, 2.75) is 18.2 Å². The first-order chi connectivity index (χ1) is 11.1. The summed E-state index contributed by atoms with van der Waals surface area (Å²) in [6.45, 7) is 2.03. The van der Waals surface area contributed by atoms with Crippen molar-refractivity contribution in [3.63, 3.8) is 0 Å². The number of para-hydroxylation sites is 2. The number of oxazole rings is 1. The molecule has 0 bridgehead atoms. The Labute approximate surface area is 139 Å². The molecular formula is C18H18N2O2S. The van der Waals surface area contributed by atoms with Gasteiger partial charge in [0.1, 0.15) is 5.52 Å². The SMILES string of the molecule is C[C@@H](c1ccccc1)N(C)C(=O)CSc1nc2ccccc2o1. The van der Waals surface area contributed by atoms with Crippen LogP contribution in [0.1, 0.15) is 18.5 Å². The first-order valence-corrected chi connectivity index (χ1v) is 8.42. The zero-order valence-corrected chi connectivity index (χ0v) is 13.9. The topological polar surface area (TPSA) is 46.3 Å². The van der Waals surface area contributed by atoms with Gasteiger partial charge in [-0.05, 0) is 24.6 Å². The first-order valence-electron chi connectivity index (χ1n) is 7.44. The molecule has 0 fully saturated rings. The molecule has 0 unspecified atom stereocenters. The maximum atomic E-state index is 12.4. The Morgan fingerprint density at radius 3 is 2.61 bits per heavy atom. The fourth-order valence-corrected chi connectivity index (χ4v) is 3.07. The van der Waals surface area contributed by atoms with Gasteiger partial charge >= 0.3 is 0 Å². The highest BCUT2D eigenvalue weighted by molar-refractivity contribution is 7.99. The lowest BCUT2D eigenvalue weighted by Crippen LogP contribution is -2.31. The molecule has 4 nitrogen and oxygen atoms in total. The predicted molar refractivity (Wildman–Crippen MR) is 92.4 cm³/mol. The number of fused-ring (bicyclic) bond motifs is 1. The van der Waals surface area contributed by atoms with Gasteiger partial charge in [-0.15, -0.1) is 0 Å². The molecule has 3 aromatic rings. The van der Waals surface area contributed by atoms with Crippen LogP contribution >= 0.6 is 11.8 Å². The minimum absolute atomic E-state index is 0.0351. The van der Waals surface area contributed by atoms with E-state index in [1.165, 1.54) is 11.8 Å². The molecule has 3 rings (SSSR count). The van der Waals surface area contributed by atoms with Crippen molar-refractivity contribution in [1.29, 1.82) is 0 Å². The van der Waals surface area contributed by atoms with Gasteiger partial charge in [0.15, 0.2) is 5.58 Å². The van der Waals surface area contributed by atoms with E-state index < -0.39 is 0 Å². The Balaban J connectivity index is 1.62. The number of hydrogen-bond acceptors (Lipinski definition) is 4. The van der Waals surface area contributed by atoms with Crippen molar-refractivity contribution in [3.8, 4) is 0 Å². The van der Waals surface area contributed by atoms with E-state index in [0.29, 0.717) is 11.0 Å². The van der Waals surface area contributed by atoms with Crippen LogP contribution in [-0.2, 0) is 4.79 Å². The summed E-state index contributed by atoms with van der Waals surface area (Å²) in [6, 6.07) is 17.6. The summed E-state index contributed by atoms with van der Waals surface area (Å²) in [7, 11) is 1.83. The molecular weight excluding hydrogens is 308 g/mol. The average molecular weight is 326 g/mol. The monoisotopic (exact) mass is 326 g/mol. The second-order valence-corrected chi connectivity index (χ2v) is 6.25. The largest absolute Gasteiger partial charge is 0.431 e. The molecule has 0 spiro atoms. The van der Waals surface area contributed by atoms with E-state index in [-0.39, 0.29) is 11.9 Å². The summed E-state index contributed by atoms with van der Waals surface area (Å²) in [5, 5.41) is 0.528. The molecule has 2 aromatic carbocycles. The minimum atomic E-state index is 0.0351. The third kappa shape index (κ3) is 3.56. The fraction of sp³-hybridized carbons (Fsp3) is 0.222. The van der Waals surface area contributed by atoms with Gasteiger partial charge in [-0.25, -0.2) is 4.98 Å². The van der Waals surface area contributed by atoms with Gasteiger partial charge in [-0.3, -0.25) is 4.79 Å². The number of nitrogens with zero attached hydrogens (tertiary/aromatic N) is 2. The molecule has 0 aliphatic carbocycles. The second-order valence-electron chi connectivity index (χ2n) is 5.33. The molecule has 1 aromatic heterocycles. The lowest BCUT2D eigenvalue weighted by Gasteiger charge is -2.25. The molecule has 23 heavy (non-hydrogen) atoms. The van der Waals surface area contributed by atoms with Gasteiger partial charge in [0, 0.05) is 7.05 Å². The number of amides is 1. The summed E-state index contributed by atoms with van der Waals surface area (Å²) < 4.78 is 5.62.